The quantitative estimate of drug-likeness (QED) is 0.0588. The molecule has 0 aliphatic heterocycles. The molecule has 3 rings (SSSR count). The number of alkyl carbamates (subject to hydrolysis) is 2. The number of urea groups is 1. The van der Waals surface area contributed by atoms with Crippen molar-refractivity contribution in [1.29, 1.82) is 0 Å². The first kappa shape index (κ1) is 61.8. The van der Waals surface area contributed by atoms with Gasteiger partial charge in [0.05, 0.1) is 44.1 Å². The summed E-state index contributed by atoms with van der Waals surface area (Å²) < 4.78 is 10.4. The zero-order valence-electron chi connectivity index (χ0n) is 37.9. The SMILES string of the molecule is CCC(CC[C@@H](N)CC)NC(=O)OCc1cncs1.CC[C@@H](CC[C@H](CC)NC(=O)OCc1cncs1)CC(=O)[C@@H](NC(=O)N(C)Cc1csc(C(C)C)n1)C(C)C.I.[B-].[K+]. The van der Waals surface area contributed by atoms with Crippen molar-refractivity contribution in [3.8, 4) is 0 Å². The van der Waals surface area contributed by atoms with Crippen LogP contribution in [0, 0.1) is 11.8 Å². The van der Waals surface area contributed by atoms with E-state index >= 15 is 0 Å². The molecular weight excluding hydrogens is 974 g/mol. The van der Waals surface area contributed by atoms with Gasteiger partial charge in [-0.3, -0.25) is 14.8 Å². The van der Waals surface area contributed by atoms with Crippen LogP contribution in [0.2, 0.25) is 0 Å². The Labute approximate surface area is 438 Å². The number of ketones is 1. The van der Waals surface area contributed by atoms with Crippen LogP contribution in [0.5, 0.6) is 0 Å². The van der Waals surface area contributed by atoms with Crippen molar-refractivity contribution < 1.29 is 80.0 Å². The Kier molecular flexibility index (Phi) is 35.6. The van der Waals surface area contributed by atoms with Crippen molar-refractivity contribution in [1.82, 2.24) is 35.8 Å². The molecule has 0 spiro atoms. The summed E-state index contributed by atoms with van der Waals surface area (Å²) in [6, 6.07) is -0.520. The maximum atomic E-state index is 13.3. The predicted octanol–water partition coefficient (Wildman–Crippen LogP) is 6.27. The number of carbonyl (C=O) groups excluding carboxylic acids is 4. The van der Waals surface area contributed by atoms with Gasteiger partial charge in [0, 0.05) is 55.3 Å². The first-order chi connectivity index (χ1) is 27.7. The summed E-state index contributed by atoms with van der Waals surface area (Å²) in [6.07, 6.45) is 9.80. The number of hydrogen-bond donors (Lipinski definition) is 4. The number of nitrogens with zero attached hydrogens (tertiary/aromatic N) is 4. The standard InChI is InChI=1S/C28H45N5O4S2.C13H23N3O2S.B.HI.K/c1-8-20(10-11-21(9-2)31-28(36)37-15-23-13-29-17-39-23)12-24(34)25(18(3)4)32-27(35)33(7)14-22-16-38-26(30-22)19(5)6;1-3-10(14)5-6-11(4-2)16-13(17)18-8-12-7-15-9-19-12;;;/h13,16-21,25H,8-12,14-15H2,1-7H3,(H,31,36)(H,32,35);7,9-11H,3-6,8,14H2,1-2H3,(H,16,17);;1H;/q;;-1;;+1/t20-,21-,25-;10-,11?;;;/m00.../s1. The van der Waals surface area contributed by atoms with Crippen LogP contribution in [0.4, 0.5) is 14.4 Å². The molecule has 0 aliphatic rings. The number of Topliss-reactive ketones (excluding diaryl/α,β-unsaturated/α-hetero) is 1. The number of amides is 4. The molecule has 0 saturated heterocycles. The fourth-order valence-electron chi connectivity index (χ4n) is 5.83. The van der Waals surface area contributed by atoms with E-state index in [9.17, 15) is 19.2 Å². The van der Waals surface area contributed by atoms with E-state index in [1.807, 2.05) is 33.1 Å². The summed E-state index contributed by atoms with van der Waals surface area (Å²) in [5.74, 6) is 0.530. The third-order valence-electron chi connectivity index (χ3n) is 9.79. The van der Waals surface area contributed by atoms with Crippen molar-refractivity contribution in [2.45, 2.75) is 163 Å². The Bertz CT molecular complexity index is 1610. The molecule has 3 aromatic heterocycles. The van der Waals surface area contributed by atoms with Gasteiger partial charge in [-0.25, -0.2) is 19.4 Å². The monoisotopic (exact) mass is 1040 g/mol. The van der Waals surface area contributed by atoms with Crippen LogP contribution < -0.4 is 73.1 Å². The van der Waals surface area contributed by atoms with Gasteiger partial charge >= 0.3 is 69.6 Å². The molecule has 338 valence electrons. The molecule has 1 unspecified atom stereocenters. The van der Waals surface area contributed by atoms with Gasteiger partial charge in [0.1, 0.15) is 13.2 Å². The molecule has 0 saturated carbocycles. The summed E-state index contributed by atoms with van der Waals surface area (Å²) in [5.41, 5.74) is 10.2. The number of nitrogens with two attached hydrogens (primary N) is 1. The van der Waals surface area contributed by atoms with E-state index in [4.69, 9.17) is 15.2 Å². The average molecular weight is 1040 g/mol. The van der Waals surface area contributed by atoms with Gasteiger partial charge in [0.15, 0.2) is 5.78 Å². The number of hydrogen-bond acceptors (Lipinski definition) is 13. The smallest absolute Gasteiger partial charge is 1.00 e. The summed E-state index contributed by atoms with van der Waals surface area (Å²) in [5, 5.41) is 11.8. The van der Waals surface area contributed by atoms with Crippen LogP contribution in [0.3, 0.4) is 0 Å². The van der Waals surface area contributed by atoms with Gasteiger partial charge in [-0.15, -0.1) is 58.0 Å². The number of rotatable bonds is 24. The predicted molar refractivity (Wildman–Crippen MR) is 255 cm³/mol. The Morgan fingerprint density at radius 2 is 1.30 bits per heavy atom. The van der Waals surface area contributed by atoms with Crippen molar-refractivity contribution in [2.75, 3.05) is 7.05 Å². The number of aromatic nitrogens is 3. The molecule has 0 aromatic carbocycles. The van der Waals surface area contributed by atoms with E-state index in [1.165, 1.54) is 22.7 Å². The van der Waals surface area contributed by atoms with Gasteiger partial charge in [-0.1, -0.05) is 61.8 Å². The van der Waals surface area contributed by atoms with Crippen LogP contribution in [-0.2, 0) is 34.0 Å². The molecule has 0 bridgehead atoms. The minimum Gasteiger partial charge on any atom is -1.00 e. The number of ether oxygens (including phenoxy) is 2. The van der Waals surface area contributed by atoms with E-state index in [0.717, 1.165) is 71.8 Å². The number of nitrogens with one attached hydrogen (secondary N) is 3. The maximum absolute atomic E-state index is 13.3. The summed E-state index contributed by atoms with van der Waals surface area (Å²) >= 11 is 4.52. The molecule has 5 atom stereocenters. The minimum atomic E-state index is -0.558. The van der Waals surface area contributed by atoms with Crippen molar-refractivity contribution >= 4 is 90.4 Å². The molecule has 5 N–H and O–H groups in total. The number of halogens is 1. The maximum Gasteiger partial charge on any atom is 1.00 e. The van der Waals surface area contributed by atoms with Crippen molar-refractivity contribution in [3.63, 3.8) is 0 Å². The Morgan fingerprint density at radius 3 is 1.70 bits per heavy atom. The molecular formula is C41H69BIKN8O6S3. The second-order valence-corrected chi connectivity index (χ2v) is 18.0. The van der Waals surface area contributed by atoms with Gasteiger partial charge in [0.25, 0.3) is 0 Å². The van der Waals surface area contributed by atoms with Crippen LogP contribution in [-0.4, -0.2) is 83.5 Å². The van der Waals surface area contributed by atoms with Crippen molar-refractivity contribution in [2.24, 2.45) is 17.6 Å². The normalized spacial score (nSPS) is 13.0. The Balaban J connectivity index is 0. The van der Waals surface area contributed by atoms with Gasteiger partial charge in [0.2, 0.25) is 0 Å². The first-order valence-corrected chi connectivity index (χ1v) is 23.2. The van der Waals surface area contributed by atoms with E-state index in [1.54, 1.807) is 46.7 Å². The Hall–Kier alpha value is -1.24. The summed E-state index contributed by atoms with van der Waals surface area (Å²) in [6.45, 7) is 17.2. The minimum absolute atomic E-state index is 0. The van der Waals surface area contributed by atoms with Gasteiger partial charge in [-0.2, -0.15) is 0 Å². The van der Waals surface area contributed by atoms with E-state index in [0.29, 0.717) is 18.9 Å². The van der Waals surface area contributed by atoms with E-state index in [2.05, 4.69) is 58.6 Å². The topological polar surface area (TPSA) is 191 Å². The van der Waals surface area contributed by atoms with Crippen LogP contribution in [0.1, 0.15) is 140 Å². The second kappa shape index (κ2) is 35.1. The first-order valence-electron chi connectivity index (χ1n) is 20.5. The third-order valence-corrected chi connectivity index (χ3v) is 12.5. The van der Waals surface area contributed by atoms with Gasteiger partial charge < -0.3 is 44.5 Å². The molecule has 3 aromatic rings. The number of thiazole rings is 3. The molecule has 61 heavy (non-hydrogen) atoms. The van der Waals surface area contributed by atoms with Crippen LogP contribution >= 0.6 is 58.0 Å². The van der Waals surface area contributed by atoms with Crippen LogP contribution in [0.25, 0.3) is 0 Å². The summed E-state index contributed by atoms with van der Waals surface area (Å²) in [4.78, 5) is 66.0. The van der Waals surface area contributed by atoms with Gasteiger partial charge in [-0.05, 0) is 56.8 Å². The molecule has 20 heteroatoms. The van der Waals surface area contributed by atoms with E-state index < -0.39 is 12.1 Å². The van der Waals surface area contributed by atoms with Crippen molar-refractivity contribution in [3.05, 3.63) is 49.3 Å². The Morgan fingerprint density at radius 1 is 0.770 bits per heavy atom. The van der Waals surface area contributed by atoms with Crippen LogP contribution in [0.15, 0.2) is 28.8 Å². The summed E-state index contributed by atoms with van der Waals surface area (Å²) in [7, 11) is 1.72. The molecule has 0 aliphatic carbocycles. The third kappa shape index (κ3) is 25.7. The largest absolute Gasteiger partial charge is 1.00 e. The number of carbonyl (C=O) groups is 4. The zero-order valence-corrected chi connectivity index (χ0v) is 45.8. The fraction of sp³-hybridized carbons (Fsp3) is 0.683. The molecule has 4 amide bonds. The zero-order chi connectivity index (χ0) is 43.0. The molecule has 3 heterocycles. The molecule has 0 fully saturated rings. The fourth-order valence-corrected chi connectivity index (χ4v) is 7.67. The molecule has 14 nitrogen and oxygen atoms in total. The average Bonchev–Trinajstić information content (AvgIpc) is 4.02. The second-order valence-electron chi connectivity index (χ2n) is 15.2. The van der Waals surface area contributed by atoms with E-state index in [-0.39, 0.29) is 145 Å². The molecule has 4 radical (unpaired) electrons.